The Bertz CT molecular complexity index is 531. The standard InChI is InChI=1S/C12H15N5/c13-8-12-14-15-16-17(12)11-7-3-5-9-4-1-2-6-10(9)11/h3,5,7H,1-2,4,6,8,13H2. The van der Waals surface area contributed by atoms with Crippen LogP contribution in [-0.2, 0) is 19.4 Å². The van der Waals surface area contributed by atoms with Crippen molar-refractivity contribution in [1.82, 2.24) is 20.2 Å². The highest BCUT2D eigenvalue weighted by Gasteiger charge is 2.16. The van der Waals surface area contributed by atoms with Crippen molar-refractivity contribution in [2.24, 2.45) is 5.73 Å². The summed E-state index contributed by atoms with van der Waals surface area (Å²) in [5.41, 5.74) is 9.53. The van der Waals surface area contributed by atoms with Gasteiger partial charge in [0.15, 0.2) is 5.82 Å². The molecule has 1 heterocycles. The number of nitrogens with two attached hydrogens (primary N) is 1. The molecular formula is C12H15N5. The van der Waals surface area contributed by atoms with Crippen molar-refractivity contribution in [3.63, 3.8) is 0 Å². The summed E-state index contributed by atoms with van der Waals surface area (Å²) < 4.78 is 1.77. The molecule has 0 saturated heterocycles. The predicted octanol–water partition coefficient (Wildman–Crippen LogP) is 1.000. The van der Waals surface area contributed by atoms with E-state index >= 15 is 0 Å². The maximum absolute atomic E-state index is 5.65. The van der Waals surface area contributed by atoms with E-state index in [9.17, 15) is 0 Å². The molecule has 5 heteroatoms. The number of rotatable bonds is 2. The average Bonchev–Trinajstić information content (AvgIpc) is 2.86. The average molecular weight is 229 g/mol. The SMILES string of the molecule is NCc1nnnn1-c1cccc2c1CCCC2. The zero-order valence-electron chi connectivity index (χ0n) is 9.63. The quantitative estimate of drug-likeness (QED) is 0.834. The first-order valence-electron chi connectivity index (χ1n) is 5.98. The number of nitrogens with zero attached hydrogens (tertiary/aromatic N) is 4. The van der Waals surface area contributed by atoms with Crippen molar-refractivity contribution in [3.8, 4) is 5.69 Å². The van der Waals surface area contributed by atoms with Crippen LogP contribution in [0.4, 0.5) is 0 Å². The minimum Gasteiger partial charge on any atom is -0.324 e. The summed E-state index contributed by atoms with van der Waals surface area (Å²) in [5.74, 6) is 0.712. The third kappa shape index (κ3) is 1.72. The Morgan fingerprint density at radius 3 is 3.00 bits per heavy atom. The molecule has 0 unspecified atom stereocenters. The van der Waals surface area contributed by atoms with Gasteiger partial charge in [0.25, 0.3) is 0 Å². The lowest BCUT2D eigenvalue weighted by Gasteiger charge is -2.19. The van der Waals surface area contributed by atoms with Crippen LogP contribution in [0.1, 0.15) is 29.8 Å². The molecule has 88 valence electrons. The Hall–Kier alpha value is -1.75. The summed E-state index contributed by atoms with van der Waals surface area (Å²) in [7, 11) is 0. The number of aryl methyl sites for hydroxylation is 1. The second-order valence-electron chi connectivity index (χ2n) is 4.33. The summed E-state index contributed by atoms with van der Waals surface area (Å²) in [5, 5.41) is 11.7. The highest BCUT2D eigenvalue weighted by atomic mass is 15.5. The molecule has 3 rings (SSSR count). The molecule has 0 radical (unpaired) electrons. The molecule has 1 aliphatic carbocycles. The van der Waals surface area contributed by atoms with Gasteiger partial charge in [0, 0.05) is 0 Å². The van der Waals surface area contributed by atoms with E-state index in [2.05, 4.69) is 33.7 Å². The molecule has 0 spiro atoms. The Morgan fingerprint density at radius 1 is 1.24 bits per heavy atom. The Morgan fingerprint density at radius 2 is 2.12 bits per heavy atom. The van der Waals surface area contributed by atoms with Crippen LogP contribution in [0, 0.1) is 0 Å². The van der Waals surface area contributed by atoms with Crippen LogP contribution in [0.5, 0.6) is 0 Å². The summed E-state index contributed by atoms with van der Waals surface area (Å²) in [6, 6.07) is 6.34. The topological polar surface area (TPSA) is 69.6 Å². The molecule has 0 amide bonds. The van der Waals surface area contributed by atoms with Gasteiger partial charge >= 0.3 is 0 Å². The van der Waals surface area contributed by atoms with Crippen molar-refractivity contribution in [2.45, 2.75) is 32.2 Å². The highest BCUT2D eigenvalue weighted by Crippen LogP contribution is 2.26. The van der Waals surface area contributed by atoms with Gasteiger partial charge in [-0.1, -0.05) is 12.1 Å². The highest BCUT2D eigenvalue weighted by molar-refractivity contribution is 5.47. The summed E-state index contributed by atoms with van der Waals surface area (Å²) in [6.45, 7) is 0.358. The van der Waals surface area contributed by atoms with E-state index in [1.807, 2.05) is 0 Å². The zero-order chi connectivity index (χ0) is 11.7. The molecule has 0 bridgehead atoms. The van der Waals surface area contributed by atoms with E-state index in [4.69, 9.17) is 5.73 Å². The number of aromatic nitrogens is 4. The first-order chi connectivity index (χ1) is 8.40. The van der Waals surface area contributed by atoms with Crippen LogP contribution in [-0.4, -0.2) is 20.2 Å². The minimum absolute atomic E-state index is 0.358. The molecule has 1 aromatic carbocycles. The molecule has 0 aliphatic heterocycles. The number of fused-ring (bicyclic) bond motifs is 1. The van der Waals surface area contributed by atoms with Crippen molar-refractivity contribution in [1.29, 1.82) is 0 Å². The zero-order valence-corrected chi connectivity index (χ0v) is 9.63. The van der Waals surface area contributed by atoms with Gasteiger partial charge in [0.2, 0.25) is 0 Å². The van der Waals surface area contributed by atoms with Crippen molar-refractivity contribution >= 4 is 0 Å². The number of tetrazole rings is 1. The van der Waals surface area contributed by atoms with Crippen LogP contribution in [0.15, 0.2) is 18.2 Å². The largest absolute Gasteiger partial charge is 0.324 e. The molecule has 17 heavy (non-hydrogen) atoms. The van der Waals surface area contributed by atoms with E-state index in [0.717, 1.165) is 18.5 Å². The molecule has 0 saturated carbocycles. The number of hydrogen-bond acceptors (Lipinski definition) is 4. The van der Waals surface area contributed by atoms with Crippen molar-refractivity contribution < 1.29 is 0 Å². The minimum atomic E-state index is 0.358. The molecule has 5 nitrogen and oxygen atoms in total. The third-order valence-electron chi connectivity index (χ3n) is 3.32. The van der Waals surface area contributed by atoms with Crippen LogP contribution in [0.25, 0.3) is 5.69 Å². The molecule has 1 aromatic heterocycles. The smallest absolute Gasteiger partial charge is 0.170 e. The van der Waals surface area contributed by atoms with Gasteiger partial charge < -0.3 is 5.73 Å². The van der Waals surface area contributed by atoms with Gasteiger partial charge in [0.05, 0.1) is 12.2 Å². The van der Waals surface area contributed by atoms with Gasteiger partial charge in [-0.2, -0.15) is 4.68 Å². The van der Waals surface area contributed by atoms with Gasteiger partial charge in [-0.15, -0.1) is 5.10 Å². The maximum Gasteiger partial charge on any atom is 0.170 e. The Kier molecular flexibility index (Phi) is 2.60. The predicted molar refractivity (Wildman–Crippen MR) is 63.7 cm³/mol. The number of hydrogen-bond donors (Lipinski definition) is 1. The normalized spacial score (nSPS) is 14.6. The molecule has 0 atom stereocenters. The van der Waals surface area contributed by atoms with Gasteiger partial charge in [0.1, 0.15) is 0 Å². The third-order valence-corrected chi connectivity index (χ3v) is 3.32. The molecule has 0 fully saturated rings. The first kappa shape index (κ1) is 10.4. The first-order valence-corrected chi connectivity index (χ1v) is 5.98. The van der Waals surface area contributed by atoms with E-state index < -0.39 is 0 Å². The lowest BCUT2D eigenvalue weighted by atomic mass is 9.90. The molecular weight excluding hydrogens is 214 g/mol. The molecule has 1 aliphatic rings. The monoisotopic (exact) mass is 229 g/mol. The van der Waals surface area contributed by atoms with Gasteiger partial charge in [-0.3, -0.25) is 0 Å². The van der Waals surface area contributed by atoms with Crippen LogP contribution in [0.3, 0.4) is 0 Å². The van der Waals surface area contributed by atoms with Gasteiger partial charge in [-0.05, 0) is 53.3 Å². The second-order valence-corrected chi connectivity index (χ2v) is 4.33. The van der Waals surface area contributed by atoms with Crippen LogP contribution < -0.4 is 5.73 Å². The summed E-state index contributed by atoms with van der Waals surface area (Å²) >= 11 is 0. The molecule has 2 aromatic rings. The maximum atomic E-state index is 5.65. The van der Waals surface area contributed by atoms with E-state index in [1.165, 1.54) is 24.0 Å². The summed E-state index contributed by atoms with van der Waals surface area (Å²) in [6.07, 6.45) is 4.78. The number of benzene rings is 1. The molecule has 2 N–H and O–H groups in total. The fourth-order valence-electron chi connectivity index (χ4n) is 2.48. The van der Waals surface area contributed by atoms with E-state index in [0.29, 0.717) is 12.4 Å². The fourth-order valence-corrected chi connectivity index (χ4v) is 2.48. The Balaban J connectivity index is 2.14. The lowest BCUT2D eigenvalue weighted by Crippen LogP contribution is -2.13. The van der Waals surface area contributed by atoms with Gasteiger partial charge in [-0.25, -0.2) is 0 Å². The second kappa shape index (κ2) is 4.25. The van der Waals surface area contributed by atoms with E-state index in [1.54, 1.807) is 4.68 Å². The van der Waals surface area contributed by atoms with Crippen molar-refractivity contribution in [2.75, 3.05) is 0 Å². The summed E-state index contributed by atoms with van der Waals surface area (Å²) in [4.78, 5) is 0. The van der Waals surface area contributed by atoms with Crippen molar-refractivity contribution in [3.05, 3.63) is 35.2 Å². The van der Waals surface area contributed by atoms with E-state index in [-0.39, 0.29) is 0 Å². The Labute approximate surface area is 99.6 Å². The lowest BCUT2D eigenvalue weighted by molar-refractivity contribution is 0.668. The van der Waals surface area contributed by atoms with Crippen LogP contribution in [0.2, 0.25) is 0 Å². The van der Waals surface area contributed by atoms with Crippen LogP contribution >= 0.6 is 0 Å². The fraction of sp³-hybridized carbons (Fsp3) is 0.417.